The molecule has 0 N–H and O–H groups in total. The molecule has 1 aromatic rings. The Morgan fingerprint density at radius 3 is 2.87 bits per heavy atom. The summed E-state index contributed by atoms with van der Waals surface area (Å²) in [6.07, 6.45) is 2.44. The molecule has 3 heteroatoms. The first-order valence-corrected chi connectivity index (χ1v) is 5.48. The van der Waals surface area contributed by atoms with Gasteiger partial charge in [-0.1, -0.05) is 17.7 Å². The van der Waals surface area contributed by atoms with Gasteiger partial charge < -0.3 is 4.74 Å². The molecule has 0 atom stereocenters. The fourth-order valence-corrected chi connectivity index (χ4v) is 1.65. The van der Waals surface area contributed by atoms with E-state index in [4.69, 9.17) is 16.3 Å². The summed E-state index contributed by atoms with van der Waals surface area (Å²) in [5.41, 5.74) is 0.572. The zero-order valence-corrected chi connectivity index (χ0v) is 9.38. The van der Waals surface area contributed by atoms with Gasteiger partial charge in [-0.25, -0.2) is 0 Å². The van der Waals surface area contributed by atoms with Gasteiger partial charge in [0.05, 0.1) is 17.2 Å². The van der Waals surface area contributed by atoms with Crippen LogP contribution in [-0.4, -0.2) is 12.4 Å². The van der Waals surface area contributed by atoms with Crippen LogP contribution < -0.4 is 4.74 Å². The van der Waals surface area contributed by atoms with Gasteiger partial charge in [0.1, 0.15) is 5.75 Å². The maximum atomic E-state index is 11.3. The number of ether oxygens (including phenoxy) is 1. The van der Waals surface area contributed by atoms with Gasteiger partial charge in [-0.3, -0.25) is 4.79 Å². The Morgan fingerprint density at radius 1 is 1.53 bits per heavy atom. The summed E-state index contributed by atoms with van der Waals surface area (Å²) in [5, 5.41) is 0.517. The predicted octanol–water partition coefficient (Wildman–Crippen LogP) is 3.33. The first kappa shape index (κ1) is 10.5. The number of carbonyl (C=O) groups excluding carboxylic acids is 1. The van der Waals surface area contributed by atoms with Crippen LogP contribution in [-0.2, 0) is 0 Å². The number of carbonyl (C=O) groups is 1. The zero-order valence-electron chi connectivity index (χ0n) is 8.63. The summed E-state index contributed by atoms with van der Waals surface area (Å²) >= 11 is 6.00. The number of benzene rings is 1. The number of halogens is 1. The van der Waals surface area contributed by atoms with Gasteiger partial charge in [-0.15, -0.1) is 0 Å². The van der Waals surface area contributed by atoms with Crippen LogP contribution in [0.4, 0.5) is 0 Å². The summed E-state index contributed by atoms with van der Waals surface area (Å²) in [5.74, 6) is 1.18. The number of rotatable bonds is 4. The van der Waals surface area contributed by atoms with E-state index in [9.17, 15) is 4.79 Å². The molecule has 15 heavy (non-hydrogen) atoms. The Balaban J connectivity index is 2.20. The lowest BCUT2D eigenvalue weighted by Gasteiger charge is -2.10. The first-order valence-electron chi connectivity index (χ1n) is 5.10. The predicted molar refractivity (Wildman–Crippen MR) is 59.7 cm³/mol. The normalized spacial score (nSPS) is 15.1. The van der Waals surface area contributed by atoms with Crippen molar-refractivity contribution in [1.29, 1.82) is 0 Å². The minimum Gasteiger partial charge on any atom is -0.491 e. The van der Waals surface area contributed by atoms with E-state index in [1.807, 2.05) is 0 Å². The number of para-hydroxylation sites is 1. The molecule has 1 aromatic carbocycles. The molecule has 0 unspecified atom stereocenters. The van der Waals surface area contributed by atoms with Gasteiger partial charge in [-0.2, -0.15) is 0 Å². The smallest absolute Gasteiger partial charge is 0.163 e. The van der Waals surface area contributed by atoms with Crippen molar-refractivity contribution in [1.82, 2.24) is 0 Å². The van der Waals surface area contributed by atoms with E-state index in [0.717, 1.165) is 0 Å². The summed E-state index contributed by atoms with van der Waals surface area (Å²) in [7, 11) is 0. The van der Waals surface area contributed by atoms with Crippen molar-refractivity contribution in [2.24, 2.45) is 5.92 Å². The number of hydrogen-bond donors (Lipinski definition) is 0. The molecule has 80 valence electrons. The third-order valence-corrected chi connectivity index (χ3v) is 2.80. The van der Waals surface area contributed by atoms with Crippen molar-refractivity contribution < 1.29 is 9.53 Å². The van der Waals surface area contributed by atoms with Crippen molar-refractivity contribution in [3.8, 4) is 5.75 Å². The maximum Gasteiger partial charge on any atom is 0.163 e. The minimum atomic E-state index is -0.0108. The molecule has 1 aliphatic rings. The summed E-state index contributed by atoms with van der Waals surface area (Å²) in [4.78, 5) is 11.3. The monoisotopic (exact) mass is 224 g/mol. The van der Waals surface area contributed by atoms with Gasteiger partial charge in [0, 0.05) is 0 Å². The number of Topliss-reactive ketones (excluding diaryl/α,β-unsaturated/α-hetero) is 1. The lowest BCUT2D eigenvalue weighted by Crippen LogP contribution is -2.04. The summed E-state index contributed by atoms with van der Waals surface area (Å²) in [6.45, 7) is 2.19. The highest BCUT2D eigenvalue weighted by Crippen LogP contribution is 2.33. The Labute approximate surface area is 94.2 Å². The van der Waals surface area contributed by atoms with Crippen molar-refractivity contribution >= 4 is 17.4 Å². The van der Waals surface area contributed by atoms with Crippen molar-refractivity contribution in [3.63, 3.8) is 0 Å². The van der Waals surface area contributed by atoms with E-state index in [1.54, 1.807) is 18.2 Å². The van der Waals surface area contributed by atoms with Gasteiger partial charge in [0.25, 0.3) is 0 Å². The van der Waals surface area contributed by atoms with Crippen LogP contribution in [0.5, 0.6) is 5.75 Å². The fourth-order valence-electron chi connectivity index (χ4n) is 1.42. The molecule has 1 fully saturated rings. The molecule has 0 bridgehead atoms. The van der Waals surface area contributed by atoms with Crippen molar-refractivity contribution in [3.05, 3.63) is 28.8 Å². The molecule has 0 aliphatic heterocycles. The molecule has 2 nitrogen and oxygen atoms in total. The van der Waals surface area contributed by atoms with Gasteiger partial charge in [-0.05, 0) is 37.8 Å². The lowest BCUT2D eigenvalue weighted by molar-refractivity contribution is 0.101. The molecule has 0 spiro atoms. The van der Waals surface area contributed by atoms with Crippen LogP contribution in [0.3, 0.4) is 0 Å². The standard InChI is InChI=1S/C12H13ClO2/c1-8(14)10-3-2-4-11(13)12(10)15-7-9-5-6-9/h2-4,9H,5-7H2,1H3. The van der Waals surface area contributed by atoms with E-state index in [-0.39, 0.29) is 5.78 Å². The lowest BCUT2D eigenvalue weighted by atomic mass is 10.1. The van der Waals surface area contributed by atoms with Crippen molar-refractivity contribution in [2.45, 2.75) is 19.8 Å². The third-order valence-electron chi connectivity index (χ3n) is 2.51. The molecule has 0 radical (unpaired) electrons. The van der Waals surface area contributed by atoms with E-state index in [1.165, 1.54) is 19.8 Å². The second-order valence-corrected chi connectivity index (χ2v) is 4.33. The van der Waals surface area contributed by atoms with E-state index >= 15 is 0 Å². The summed E-state index contributed by atoms with van der Waals surface area (Å²) in [6, 6.07) is 5.26. The van der Waals surface area contributed by atoms with Gasteiger partial charge >= 0.3 is 0 Å². The SMILES string of the molecule is CC(=O)c1cccc(Cl)c1OCC1CC1. The number of hydrogen-bond acceptors (Lipinski definition) is 2. The third kappa shape index (κ3) is 2.51. The Morgan fingerprint density at radius 2 is 2.27 bits per heavy atom. The molecule has 1 saturated carbocycles. The topological polar surface area (TPSA) is 26.3 Å². The van der Waals surface area contributed by atoms with E-state index in [2.05, 4.69) is 0 Å². The molecular weight excluding hydrogens is 212 g/mol. The van der Waals surface area contributed by atoms with Crippen LogP contribution in [0.1, 0.15) is 30.1 Å². The van der Waals surface area contributed by atoms with Crippen LogP contribution in [0.15, 0.2) is 18.2 Å². The highest BCUT2D eigenvalue weighted by molar-refractivity contribution is 6.32. The quantitative estimate of drug-likeness (QED) is 0.734. The molecule has 0 amide bonds. The Hall–Kier alpha value is -1.02. The molecule has 0 aromatic heterocycles. The fraction of sp³-hybridized carbons (Fsp3) is 0.417. The second kappa shape index (κ2) is 4.23. The van der Waals surface area contributed by atoms with Gasteiger partial charge in [0.15, 0.2) is 5.78 Å². The number of ketones is 1. The zero-order chi connectivity index (χ0) is 10.8. The molecular formula is C12H13ClO2. The van der Waals surface area contributed by atoms with Gasteiger partial charge in [0.2, 0.25) is 0 Å². The van der Waals surface area contributed by atoms with Crippen LogP contribution in [0.2, 0.25) is 5.02 Å². The summed E-state index contributed by atoms with van der Waals surface area (Å²) < 4.78 is 5.60. The molecule has 0 saturated heterocycles. The average molecular weight is 225 g/mol. The van der Waals surface area contributed by atoms with Crippen LogP contribution in [0.25, 0.3) is 0 Å². The highest BCUT2D eigenvalue weighted by Gasteiger charge is 2.23. The highest BCUT2D eigenvalue weighted by atomic mass is 35.5. The maximum absolute atomic E-state index is 11.3. The van der Waals surface area contributed by atoms with Crippen LogP contribution >= 0.6 is 11.6 Å². The molecule has 2 rings (SSSR count). The van der Waals surface area contributed by atoms with Crippen molar-refractivity contribution in [2.75, 3.05) is 6.61 Å². The first-order chi connectivity index (χ1) is 7.18. The largest absolute Gasteiger partial charge is 0.491 e. The Kier molecular flexibility index (Phi) is 2.96. The molecule has 0 heterocycles. The Bertz CT molecular complexity index is 383. The van der Waals surface area contributed by atoms with E-state index in [0.29, 0.717) is 28.9 Å². The second-order valence-electron chi connectivity index (χ2n) is 3.93. The van der Waals surface area contributed by atoms with E-state index < -0.39 is 0 Å². The average Bonchev–Trinajstić information content (AvgIpc) is 2.99. The molecule has 1 aliphatic carbocycles. The van der Waals surface area contributed by atoms with Crippen LogP contribution in [0, 0.1) is 5.92 Å². The minimum absolute atomic E-state index is 0.0108.